The van der Waals surface area contributed by atoms with Crippen molar-refractivity contribution in [3.63, 3.8) is 0 Å². The molecular weight excluding hydrogens is 292 g/mol. The number of aromatic nitrogens is 2. The zero-order valence-electron chi connectivity index (χ0n) is 13.6. The molecule has 1 aliphatic rings. The predicted octanol–water partition coefficient (Wildman–Crippen LogP) is 1.48. The van der Waals surface area contributed by atoms with Crippen LogP contribution in [-0.4, -0.2) is 57.8 Å². The molecule has 1 fully saturated rings. The molecule has 1 aliphatic heterocycles. The van der Waals surface area contributed by atoms with Crippen molar-refractivity contribution in [3.8, 4) is 0 Å². The van der Waals surface area contributed by atoms with Crippen LogP contribution in [0.4, 0.5) is 0 Å². The number of hydrogen-bond donors (Lipinski definition) is 1. The number of nitrogens with zero attached hydrogens (tertiary/aromatic N) is 4. The summed E-state index contributed by atoms with van der Waals surface area (Å²) in [6.45, 7) is 7.19. The third kappa shape index (κ3) is 4.37. The standard InChI is InChI=1S/C17H24N4O2/c1-2-16-18-17(23-19-16)13-21-10-8-20(9-11-21)12-15(22)14-6-4-3-5-7-14/h3-7,15,22H,2,8-13H2,1H3/t15-/m0/s1. The lowest BCUT2D eigenvalue weighted by molar-refractivity contribution is 0.0663. The lowest BCUT2D eigenvalue weighted by Gasteiger charge is -2.34. The summed E-state index contributed by atoms with van der Waals surface area (Å²) in [6.07, 6.45) is 0.375. The van der Waals surface area contributed by atoms with E-state index in [0.29, 0.717) is 19.0 Å². The molecule has 6 heteroatoms. The molecule has 1 atom stereocenters. The first-order valence-electron chi connectivity index (χ1n) is 8.23. The number of aryl methyl sites for hydroxylation is 1. The Bertz CT molecular complexity index is 594. The molecule has 2 aromatic rings. The second-order valence-corrected chi connectivity index (χ2v) is 5.96. The van der Waals surface area contributed by atoms with E-state index in [1.165, 1.54) is 0 Å². The Morgan fingerprint density at radius 3 is 2.48 bits per heavy atom. The summed E-state index contributed by atoms with van der Waals surface area (Å²) in [5.41, 5.74) is 0.980. The molecule has 0 bridgehead atoms. The first-order valence-corrected chi connectivity index (χ1v) is 8.23. The highest BCUT2D eigenvalue weighted by atomic mass is 16.5. The van der Waals surface area contributed by atoms with Gasteiger partial charge in [0, 0.05) is 39.1 Å². The van der Waals surface area contributed by atoms with Crippen molar-refractivity contribution in [1.82, 2.24) is 19.9 Å². The zero-order valence-corrected chi connectivity index (χ0v) is 13.6. The van der Waals surface area contributed by atoms with Gasteiger partial charge < -0.3 is 9.63 Å². The van der Waals surface area contributed by atoms with Gasteiger partial charge in [0.1, 0.15) is 0 Å². The Hall–Kier alpha value is -1.76. The van der Waals surface area contributed by atoms with Crippen LogP contribution < -0.4 is 0 Å². The maximum absolute atomic E-state index is 10.3. The molecule has 0 spiro atoms. The Morgan fingerprint density at radius 1 is 1.13 bits per heavy atom. The average molecular weight is 316 g/mol. The SMILES string of the molecule is CCc1noc(CN2CCN(C[C@H](O)c3ccccc3)CC2)n1. The first-order chi connectivity index (χ1) is 11.2. The summed E-state index contributed by atoms with van der Waals surface area (Å²) in [5, 5.41) is 14.2. The van der Waals surface area contributed by atoms with E-state index in [9.17, 15) is 5.11 Å². The van der Waals surface area contributed by atoms with Gasteiger partial charge >= 0.3 is 0 Å². The van der Waals surface area contributed by atoms with Gasteiger partial charge in [0.05, 0.1) is 12.6 Å². The lowest BCUT2D eigenvalue weighted by atomic mass is 10.1. The average Bonchev–Trinajstić information content (AvgIpc) is 3.05. The molecule has 1 saturated heterocycles. The Balaban J connectivity index is 1.45. The number of hydrogen-bond acceptors (Lipinski definition) is 6. The van der Waals surface area contributed by atoms with E-state index in [1.54, 1.807) is 0 Å². The first kappa shape index (κ1) is 16.1. The van der Waals surface area contributed by atoms with Gasteiger partial charge in [-0.1, -0.05) is 42.4 Å². The Labute approximate surface area is 136 Å². The van der Waals surface area contributed by atoms with Gasteiger partial charge in [0.2, 0.25) is 5.89 Å². The van der Waals surface area contributed by atoms with Crippen molar-refractivity contribution in [1.29, 1.82) is 0 Å². The Kier molecular flexibility index (Phi) is 5.38. The fraction of sp³-hybridized carbons (Fsp3) is 0.529. The van der Waals surface area contributed by atoms with Crippen LogP contribution in [0.15, 0.2) is 34.9 Å². The number of aliphatic hydroxyl groups is 1. The minimum atomic E-state index is -0.425. The van der Waals surface area contributed by atoms with Crippen molar-refractivity contribution < 1.29 is 9.63 Å². The molecule has 0 unspecified atom stereocenters. The maximum atomic E-state index is 10.3. The van der Waals surface area contributed by atoms with Crippen LogP contribution in [0.5, 0.6) is 0 Å². The van der Waals surface area contributed by atoms with E-state index >= 15 is 0 Å². The van der Waals surface area contributed by atoms with Crippen LogP contribution in [0.25, 0.3) is 0 Å². The summed E-state index contributed by atoms with van der Waals surface area (Å²) in [6, 6.07) is 9.84. The van der Waals surface area contributed by atoms with Gasteiger partial charge in [-0.3, -0.25) is 9.80 Å². The molecule has 0 amide bonds. The Morgan fingerprint density at radius 2 is 1.83 bits per heavy atom. The number of benzene rings is 1. The fourth-order valence-electron chi connectivity index (χ4n) is 2.84. The normalized spacial score (nSPS) is 18.2. The molecule has 2 heterocycles. The van der Waals surface area contributed by atoms with Crippen molar-refractivity contribution >= 4 is 0 Å². The molecule has 23 heavy (non-hydrogen) atoms. The fourth-order valence-corrected chi connectivity index (χ4v) is 2.84. The monoisotopic (exact) mass is 316 g/mol. The summed E-state index contributed by atoms with van der Waals surface area (Å²) in [4.78, 5) is 8.98. The van der Waals surface area contributed by atoms with E-state index in [0.717, 1.165) is 44.0 Å². The summed E-state index contributed by atoms with van der Waals surface area (Å²) >= 11 is 0. The van der Waals surface area contributed by atoms with Crippen LogP contribution >= 0.6 is 0 Å². The van der Waals surface area contributed by atoms with Crippen LogP contribution in [-0.2, 0) is 13.0 Å². The molecule has 1 N–H and O–H groups in total. The zero-order chi connectivity index (χ0) is 16.1. The second-order valence-electron chi connectivity index (χ2n) is 5.96. The van der Waals surface area contributed by atoms with Crippen LogP contribution in [0.2, 0.25) is 0 Å². The van der Waals surface area contributed by atoms with Gasteiger partial charge in [-0.2, -0.15) is 4.98 Å². The van der Waals surface area contributed by atoms with Gasteiger partial charge in [-0.05, 0) is 5.56 Å². The van der Waals surface area contributed by atoms with Crippen molar-refractivity contribution in [3.05, 3.63) is 47.6 Å². The molecular formula is C17H24N4O2. The van der Waals surface area contributed by atoms with Crippen molar-refractivity contribution in [2.45, 2.75) is 26.0 Å². The van der Waals surface area contributed by atoms with E-state index in [-0.39, 0.29) is 0 Å². The number of rotatable bonds is 6. The van der Waals surface area contributed by atoms with E-state index in [2.05, 4.69) is 19.9 Å². The molecule has 1 aromatic heterocycles. The summed E-state index contributed by atoms with van der Waals surface area (Å²) in [5.74, 6) is 1.46. The van der Waals surface area contributed by atoms with E-state index < -0.39 is 6.10 Å². The third-order valence-corrected chi connectivity index (χ3v) is 4.27. The predicted molar refractivity (Wildman–Crippen MR) is 86.8 cm³/mol. The largest absolute Gasteiger partial charge is 0.387 e. The smallest absolute Gasteiger partial charge is 0.240 e. The number of β-amino-alcohol motifs (C(OH)–C–C–N with tert-alkyl or cyclic N) is 1. The van der Waals surface area contributed by atoms with Crippen molar-refractivity contribution in [2.24, 2.45) is 0 Å². The quantitative estimate of drug-likeness (QED) is 0.871. The lowest BCUT2D eigenvalue weighted by Crippen LogP contribution is -2.47. The molecule has 3 rings (SSSR count). The van der Waals surface area contributed by atoms with Crippen LogP contribution in [0.3, 0.4) is 0 Å². The van der Waals surface area contributed by atoms with Crippen LogP contribution in [0.1, 0.15) is 30.3 Å². The topological polar surface area (TPSA) is 65.6 Å². The number of piperazine rings is 1. The number of aliphatic hydroxyl groups excluding tert-OH is 1. The minimum absolute atomic E-state index is 0.425. The molecule has 0 aliphatic carbocycles. The molecule has 124 valence electrons. The third-order valence-electron chi connectivity index (χ3n) is 4.27. The van der Waals surface area contributed by atoms with Gasteiger partial charge in [-0.25, -0.2) is 0 Å². The maximum Gasteiger partial charge on any atom is 0.240 e. The van der Waals surface area contributed by atoms with Gasteiger partial charge in [-0.15, -0.1) is 0 Å². The summed E-state index contributed by atoms with van der Waals surface area (Å²) < 4.78 is 5.25. The molecule has 6 nitrogen and oxygen atoms in total. The molecule has 0 radical (unpaired) electrons. The second kappa shape index (κ2) is 7.68. The molecule has 0 saturated carbocycles. The highest BCUT2D eigenvalue weighted by Gasteiger charge is 2.21. The van der Waals surface area contributed by atoms with Crippen LogP contribution in [0, 0.1) is 0 Å². The van der Waals surface area contributed by atoms with E-state index in [1.807, 2.05) is 37.3 Å². The van der Waals surface area contributed by atoms with Gasteiger partial charge in [0.15, 0.2) is 5.82 Å². The highest BCUT2D eigenvalue weighted by Crippen LogP contribution is 2.15. The van der Waals surface area contributed by atoms with Gasteiger partial charge in [0.25, 0.3) is 0 Å². The summed E-state index contributed by atoms with van der Waals surface area (Å²) in [7, 11) is 0. The minimum Gasteiger partial charge on any atom is -0.387 e. The van der Waals surface area contributed by atoms with Crippen molar-refractivity contribution in [2.75, 3.05) is 32.7 Å². The van der Waals surface area contributed by atoms with E-state index in [4.69, 9.17) is 4.52 Å². The molecule has 1 aromatic carbocycles. The highest BCUT2D eigenvalue weighted by molar-refractivity contribution is 5.17.